The van der Waals surface area contributed by atoms with Gasteiger partial charge in [-0.2, -0.15) is 12.6 Å². The van der Waals surface area contributed by atoms with E-state index in [1.54, 1.807) is 0 Å². The van der Waals surface area contributed by atoms with Crippen molar-refractivity contribution >= 4 is 12.6 Å². The quantitative estimate of drug-likeness (QED) is 0.584. The summed E-state index contributed by atoms with van der Waals surface area (Å²) in [5.74, 6) is 0. The lowest BCUT2D eigenvalue weighted by Crippen LogP contribution is -2.25. The van der Waals surface area contributed by atoms with Crippen molar-refractivity contribution < 1.29 is 0 Å². The smallest absolute Gasteiger partial charge is 0.000604 e. The molecule has 0 amide bonds. The maximum absolute atomic E-state index is 5.52. The van der Waals surface area contributed by atoms with E-state index in [9.17, 15) is 0 Å². The van der Waals surface area contributed by atoms with Gasteiger partial charge >= 0.3 is 0 Å². The minimum Gasteiger partial charge on any atom is -0.330 e. The molecular formula is C7H17NS. The van der Waals surface area contributed by atoms with Crippen LogP contribution >= 0.6 is 12.6 Å². The molecule has 0 spiro atoms. The Balaban J connectivity index is 3.58. The lowest BCUT2D eigenvalue weighted by atomic mass is 9.88. The van der Waals surface area contributed by atoms with Crippen molar-refractivity contribution in [1.29, 1.82) is 0 Å². The third kappa shape index (κ3) is 4.79. The van der Waals surface area contributed by atoms with E-state index in [0.717, 1.165) is 13.0 Å². The summed E-state index contributed by atoms with van der Waals surface area (Å²) in [5, 5.41) is 0.462. The summed E-state index contributed by atoms with van der Waals surface area (Å²) >= 11 is 4.29. The highest BCUT2D eigenvalue weighted by atomic mass is 32.1. The van der Waals surface area contributed by atoms with E-state index >= 15 is 0 Å². The minimum absolute atomic E-state index is 0.265. The van der Waals surface area contributed by atoms with Crippen LogP contribution in [-0.2, 0) is 0 Å². The average Bonchev–Trinajstić information content (AvgIpc) is 1.63. The molecule has 0 aromatic heterocycles. The zero-order valence-electron chi connectivity index (χ0n) is 6.52. The normalized spacial score (nSPS) is 15.7. The van der Waals surface area contributed by atoms with Crippen molar-refractivity contribution in [3.63, 3.8) is 0 Å². The molecule has 0 saturated carbocycles. The second kappa shape index (κ2) is 3.47. The number of rotatable bonds is 3. The molecular weight excluding hydrogens is 130 g/mol. The zero-order chi connectivity index (χ0) is 7.49. The first-order valence-electron chi connectivity index (χ1n) is 3.36. The van der Waals surface area contributed by atoms with Gasteiger partial charge in [0.25, 0.3) is 0 Å². The predicted molar refractivity (Wildman–Crippen MR) is 45.9 cm³/mol. The fourth-order valence-electron chi connectivity index (χ4n) is 0.883. The zero-order valence-corrected chi connectivity index (χ0v) is 7.41. The van der Waals surface area contributed by atoms with Gasteiger partial charge in [-0.15, -0.1) is 0 Å². The molecule has 1 unspecified atom stereocenters. The maximum Gasteiger partial charge on any atom is -0.000604 e. The third-order valence-corrected chi connectivity index (χ3v) is 1.58. The Bertz CT molecular complexity index is 79.0. The van der Waals surface area contributed by atoms with Crippen molar-refractivity contribution in [1.82, 2.24) is 0 Å². The summed E-state index contributed by atoms with van der Waals surface area (Å²) in [6.45, 7) is 7.18. The average molecular weight is 147 g/mol. The van der Waals surface area contributed by atoms with Crippen molar-refractivity contribution in [2.45, 2.75) is 32.4 Å². The largest absolute Gasteiger partial charge is 0.330 e. The molecule has 0 heterocycles. The van der Waals surface area contributed by atoms with Crippen LogP contribution in [0.5, 0.6) is 0 Å². The SMILES string of the molecule is CC(S)CC(C)(C)CN. The summed E-state index contributed by atoms with van der Waals surface area (Å²) in [6.07, 6.45) is 1.09. The standard InChI is InChI=1S/C7H17NS/c1-6(9)4-7(2,3)5-8/h6,9H,4-5,8H2,1-3H3. The molecule has 2 heteroatoms. The van der Waals surface area contributed by atoms with Crippen LogP contribution in [0.4, 0.5) is 0 Å². The lowest BCUT2D eigenvalue weighted by Gasteiger charge is -2.23. The highest BCUT2D eigenvalue weighted by Gasteiger charge is 2.16. The van der Waals surface area contributed by atoms with Crippen LogP contribution in [-0.4, -0.2) is 11.8 Å². The molecule has 0 aliphatic rings. The molecule has 0 aromatic carbocycles. The van der Waals surface area contributed by atoms with Crippen molar-refractivity contribution in [2.75, 3.05) is 6.54 Å². The van der Waals surface area contributed by atoms with Crippen LogP contribution in [0.2, 0.25) is 0 Å². The Morgan fingerprint density at radius 3 is 2.11 bits per heavy atom. The van der Waals surface area contributed by atoms with Gasteiger partial charge in [-0.3, -0.25) is 0 Å². The van der Waals surface area contributed by atoms with Crippen LogP contribution in [0, 0.1) is 5.41 Å². The van der Waals surface area contributed by atoms with Gasteiger partial charge in [0.1, 0.15) is 0 Å². The van der Waals surface area contributed by atoms with Gasteiger partial charge in [0.15, 0.2) is 0 Å². The molecule has 0 aliphatic heterocycles. The number of hydrogen-bond donors (Lipinski definition) is 2. The summed E-state index contributed by atoms with van der Waals surface area (Å²) < 4.78 is 0. The van der Waals surface area contributed by atoms with E-state index in [2.05, 4.69) is 33.4 Å². The molecule has 2 N–H and O–H groups in total. The van der Waals surface area contributed by atoms with Crippen molar-refractivity contribution in [3.05, 3.63) is 0 Å². The van der Waals surface area contributed by atoms with E-state index in [4.69, 9.17) is 5.73 Å². The monoisotopic (exact) mass is 147 g/mol. The van der Waals surface area contributed by atoms with Gasteiger partial charge < -0.3 is 5.73 Å². The van der Waals surface area contributed by atoms with E-state index in [0.29, 0.717) is 5.25 Å². The summed E-state index contributed by atoms with van der Waals surface area (Å²) in [6, 6.07) is 0. The van der Waals surface area contributed by atoms with Gasteiger partial charge in [-0.25, -0.2) is 0 Å². The summed E-state index contributed by atoms with van der Waals surface area (Å²) in [7, 11) is 0. The van der Waals surface area contributed by atoms with E-state index in [1.807, 2.05) is 0 Å². The van der Waals surface area contributed by atoms with Gasteiger partial charge in [-0.1, -0.05) is 20.8 Å². The maximum atomic E-state index is 5.52. The molecule has 0 fully saturated rings. The van der Waals surface area contributed by atoms with Crippen LogP contribution in [0.25, 0.3) is 0 Å². The lowest BCUT2D eigenvalue weighted by molar-refractivity contribution is 0.349. The van der Waals surface area contributed by atoms with Crippen LogP contribution in [0.3, 0.4) is 0 Å². The fourth-order valence-corrected chi connectivity index (χ4v) is 1.38. The molecule has 0 bridgehead atoms. The topological polar surface area (TPSA) is 26.0 Å². The number of hydrogen-bond acceptors (Lipinski definition) is 2. The van der Waals surface area contributed by atoms with Crippen LogP contribution < -0.4 is 5.73 Å². The Hall–Kier alpha value is 0.310. The molecule has 0 rings (SSSR count). The van der Waals surface area contributed by atoms with E-state index < -0.39 is 0 Å². The molecule has 9 heavy (non-hydrogen) atoms. The highest BCUT2D eigenvalue weighted by Crippen LogP contribution is 2.22. The summed E-state index contributed by atoms with van der Waals surface area (Å²) in [5.41, 5.74) is 5.79. The van der Waals surface area contributed by atoms with Gasteiger partial charge in [-0.05, 0) is 23.6 Å². The third-order valence-electron chi connectivity index (χ3n) is 1.40. The second-order valence-electron chi connectivity index (χ2n) is 3.42. The van der Waals surface area contributed by atoms with Gasteiger partial charge in [0.2, 0.25) is 0 Å². The number of thiol groups is 1. The first-order valence-corrected chi connectivity index (χ1v) is 3.88. The molecule has 0 saturated heterocycles. The summed E-state index contributed by atoms with van der Waals surface area (Å²) in [4.78, 5) is 0. The van der Waals surface area contributed by atoms with E-state index in [-0.39, 0.29) is 5.41 Å². The Kier molecular flexibility index (Phi) is 3.59. The molecule has 0 aromatic rings. The fraction of sp³-hybridized carbons (Fsp3) is 1.00. The van der Waals surface area contributed by atoms with Gasteiger partial charge in [0.05, 0.1) is 0 Å². The minimum atomic E-state index is 0.265. The molecule has 1 nitrogen and oxygen atoms in total. The molecule has 1 atom stereocenters. The second-order valence-corrected chi connectivity index (χ2v) is 4.30. The van der Waals surface area contributed by atoms with Crippen molar-refractivity contribution in [3.8, 4) is 0 Å². The van der Waals surface area contributed by atoms with Crippen LogP contribution in [0.15, 0.2) is 0 Å². The molecule has 0 radical (unpaired) electrons. The Morgan fingerprint density at radius 2 is 2.00 bits per heavy atom. The Labute approximate surface area is 63.4 Å². The predicted octanol–water partition coefficient (Wildman–Crippen LogP) is 1.68. The molecule has 56 valence electrons. The van der Waals surface area contributed by atoms with Crippen LogP contribution in [0.1, 0.15) is 27.2 Å². The first-order chi connectivity index (χ1) is 3.98. The van der Waals surface area contributed by atoms with E-state index in [1.165, 1.54) is 0 Å². The number of nitrogens with two attached hydrogens (primary N) is 1. The molecule has 0 aliphatic carbocycles. The van der Waals surface area contributed by atoms with Gasteiger partial charge in [0, 0.05) is 0 Å². The highest BCUT2D eigenvalue weighted by molar-refractivity contribution is 7.80. The van der Waals surface area contributed by atoms with Crippen molar-refractivity contribution in [2.24, 2.45) is 11.1 Å². The first kappa shape index (κ1) is 9.31. The Morgan fingerprint density at radius 1 is 1.56 bits per heavy atom.